The standard InChI is InChI=1S/C17H25NO3/c1-12(2)21-14-9-7-13(11-15(14)20-6)8-10-16(19)18-17(3,4)5/h7-12H,1-6H3,(H,18,19)/b10-8+. The molecule has 4 nitrogen and oxygen atoms in total. The monoisotopic (exact) mass is 291 g/mol. The van der Waals surface area contributed by atoms with Crippen molar-refractivity contribution in [2.45, 2.75) is 46.3 Å². The summed E-state index contributed by atoms with van der Waals surface area (Å²) in [6.45, 7) is 9.76. The highest BCUT2D eigenvalue weighted by molar-refractivity contribution is 5.92. The Morgan fingerprint density at radius 1 is 1.24 bits per heavy atom. The van der Waals surface area contributed by atoms with E-state index in [1.807, 2.05) is 52.8 Å². The van der Waals surface area contributed by atoms with E-state index in [1.165, 1.54) is 6.08 Å². The zero-order valence-corrected chi connectivity index (χ0v) is 13.7. The third kappa shape index (κ3) is 6.34. The first kappa shape index (κ1) is 17.1. The molecule has 0 atom stereocenters. The summed E-state index contributed by atoms with van der Waals surface area (Å²) in [6.07, 6.45) is 3.35. The molecule has 1 aromatic rings. The number of amides is 1. The van der Waals surface area contributed by atoms with Gasteiger partial charge in [-0.2, -0.15) is 0 Å². The van der Waals surface area contributed by atoms with Gasteiger partial charge >= 0.3 is 0 Å². The third-order valence-electron chi connectivity index (χ3n) is 2.48. The fourth-order valence-corrected chi connectivity index (χ4v) is 1.72. The van der Waals surface area contributed by atoms with Gasteiger partial charge in [-0.25, -0.2) is 0 Å². The molecule has 0 aliphatic heterocycles. The van der Waals surface area contributed by atoms with E-state index in [1.54, 1.807) is 13.2 Å². The van der Waals surface area contributed by atoms with Crippen molar-refractivity contribution in [3.05, 3.63) is 29.8 Å². The van der Waals surface area contributed by atoms with Crippen molar-refractivity contribution < 1.29 is 14.3 Å². The molecule has 1 rings (SSSR count). The fourth-order valence-electron chi connectivity index (χ4n) is 1.72. The average Bonchev–Trinajstić information content (AvgIpc) is 2.34. The smallest absolute Gasteiger partial charge is 0.244 e. The fraction of sp³-hybridized carbons (Fsp3) is 0.471. The summed E-state index contributed by atoms with van der Waals surface area (Å²) in [7, 11) is 1.60. The van der Waals surface area contributed by atoms with Gasteiger partial charge in [0.05, 0.1) is 13.2 Å². The second-order valence-electron chi connectivity index (χ2n) is 6.15. The van der Waals surface area contributed by atoms with Crippen LogP contribution < -0.4 is 14.8 Å². The zero-order chi connectivity index (χ0) is 16.0. The molecule has 0 aromatic heterocycles. The normalized spacial score (nSPS) is 11.8. The van der Waals surface area contributed by atoms with Crippen LogP contribution in [0.1, 0.15) is 40.2 Å². The van der Waals surface area contributed by atoms with Gasteiger partial charge in [0.25, 0.3) is 0 Å². The first-order chi connectivity index (χ1) is 9.71. The summed E-state index contributed by atoms with van der Waals surface area (Å²) in [4.78, 5) is 11.7. The molecule has 0 radical (unpaired) electrons. The molecule has 0 aliphatic rings. The maximum absolute atomic E-state index is 11.7. The summed E-state index contributed by atoms with van der Waals surface area (Å²) in [5, 5.41) is 2.87. The molecule has 0 heterocycles. The lowest BCUT2D eigenvalue weighted by atomic mass is 10.1. The van der Waals surface area contributed by atoms with Gasteiger partial charge in [0.1, 0.15) is 0 Å². The number of carbonyl (C=O) groups excluding carboxylic acids is 1. The maximum atomic E-state index is 11.7. The minimum Gasteiger partial charge on any atom is -0.493 e. The molecule has 0 fully saturated rings. The molecule has 0 spiro atoms. The van der Waals surface area contributed by atoms with Gasteiger partial charge < -0.3 is 14.8 Å². The van der Waals surface area contributed by atoms with Crippen molar-refractivity contribution in [2.24, 2.45) is 0 Å². The van der Waals surface area contributed by atoms with Crippen LogP contribution in [-0.4, -0.2) is 24.7 Å². The number of benzene rings is 1. The highest BCUT2D eigenvalue weighted by Gasteiger charge is 2.11. The zero-order valence-electron chi connectivity index (χ0n) is 13.7. The Bertz CT molecular complexity index is 513. The van der Waals surface area contributed by atoms with Crippen LogP contribution in [-0.2, 0) is 4.79 Å². The van der Waals surface area contributed by atoms with E-state index in [0.29, 0.717) is 11.5 Å². The van der Waals surface area contributed by atoms with Crippen LogP contribution >= 0.6 is 0 Å². The molecule has 0 saturated heterocycles. The van der Waals surface area contributed by atoms with Crippen LogP contribution in [0, 0.1) is 0 Å². The summed E-state index contributed by atoms with van der Waals surface area (Å²) in [5.41, 5.74) is 0.640. The summed E-state index contributed by atoms with van der Waals surface area (Å²) < 4.78 is 11.0. The van der Waals surface area contributed by atoms with Gasteiger partial charge in [-0.3, -0.25) is 4.79 Å². The summed E-state index contributed by atoms with van der Waals surface area (Å²) in [6, 6.07) is 5.58. The third-order valence-corrected chi connectivity index (χ3v) is 2.48. The lowest BCUT2D eigenvalue weighted by Gasteiger charge is -2.19. The van der Waals surface area contributed by atoms with Gasteiger partial charge in [-0.1, -0.05) is 6.07 Å². The van der Waals surface area contributed by atoms with Crippen LogP contribution in [0.2, 0.25) is 0 Å². The van der Waals surface area contributed by atoms with Crippen LogP contribution in [0.15, 0.2) is 24.3 Å². The number of carbonyl (C=O) groups is 1. The predicted molar refractivity (Wildman–Crippen MR) is 85.7 cm³/mol. The van der Waals surface area contributed by atoms with E-state index in [-0.39, 0.29) is 17.6 Å². The second kappa shape index (κ2) is 7.16. The molecule has 0 bridgehead atoms. The SMILES string of the molecule is COc1cc(/C=C/C(=O)NC(C)(C)C)ccc1OC(C)C. The van der Waals surface area contributed by atoms with Crippen molar-refractivity contribution in [3.8, 4) is 11.5 Å². The minimum atomic E-state index is -0.242. The molecular weight excluding hydrogens is 266 g/mol. The maximum Gasteiger partial charge on any atom is 0.244 e. The number of nitrogens with one attached hydrogen (secondary N) is 1. The second-order valence-corrected chi connectivity index (χ2v) is 6.15. The van der Waals surface area contributed by atoms with Crippen molar-refractivity contribution >= 4 is 12.0 Å². The van der Waals surface area contributed by atoms with Crippen molar-refractivity contribution in [2.75, 3.05) is 7.11 Å². The Kier molecular flexibility index (Phi) is 5.82. The molecule has 21 heavy (non-hydrogen) atoms. The van der Waals surface area contributed by atoms with Crippen LogP contribution in [0.5, 0.6) is 11.5 Å². The van der Waals surface area contributed by atoms with Gasteiger partial charge in [-0.15, -0.1) is 0 Å². The van der Waals surface area contributed by atoms with E-state index >= 15 is 0 Å². The van der Waals surface area contributed by atoms with Crippen molar-refractivity contribution in [3.63, 3.8) is 0 Å². The molecule has 1 N–H and O–H groups in total. The molecule has 0 saturated carbocycles. The number of hydrogen-bond acceptors (Lipinski definition) is 3. The highest BCUT2D eigenvalue weighted by Crippen LogP contribution is 2.29. The molecule has 0 aliphatic carbocycles. The first-order valence-corrected chi connectivity index (χ1v) is 7.06. The Balaban J connectivity index is 2.83. The topological polar surface area (TPSA) is 47.6 Å². The van der Waals surface area contributed by atoms with Gasteiger partial charge in [0.2, 0.25) is 5.91 Å². The van der Waals surface area contributed by atoms with E-state index in [4.69, 9.17) is 9.47 Å². The van der Waals surface area contributed by atoms with Crippen molar-refractivity contribution in [1.29, 1.82) is 0 Å². The quantitative estimate of drug-likeness (QED) is 0.846. The van der Waals surface area contributed by atoms with Crippen LogP contribution in [0.25, 0.3) is 6.08 Å². The van der Waals surface area contributed by atoms with Gasteiger partial charge in [-0.05, 0) is 58.4 Å². The Labute approximate surface area is 127 Å². The average molecular weight is 291 g/mol. The van der Waals surface area contributed by atoms with Crippen molar-refractivity contribution in [1.82, 2.24) is 5.32 Å². The molecule has 4 heteroatoms. The minimum absolute atomic E-state index is 0.0813. The molecule has 1 amide bonds. The predicted octanol–water partition coefficient (Wildman–Crippen LogP) is 3.41. The van der Waals surface area contributed by atoms with Crippen LogP contribution in [0.4, 0.5) is 0 Å². The summed E-state index contributed by atoms with van der Waals surface area (Å²) in [5.74, 6) is 1.23. The number of rotatable bonds is 5. The largest absolute Gasteiger partial charge is 0.493 e. The number of methoxy groups -OCH3 is 1. The Hall–Kier alpha value is -1.97. The number of ether oxygens (including phenoxy) is 2. The highest BCUT2D eigenvalue weighted by atomic mass is 16.5. The number of hydrogen-bond donors (Lipinski definition) is 1. The van der Waals surface area contributed by atoms with E-state index in [9.17, 15) is 4.79 Å². The lowest BCUT2D eigenvalue weighted by molar-refractivity contribution is -0.117. The molecule has 116 valence electrons. The van der Waals surface area contributed by atoms with E-state index < -0.39 is 0 Å². The Morgan fingerprint density at radius 3 is 2.43 bits per heavy atom. The molecular formula is C17H25NO3. The first-order valence-electron chi connectivity index (χ1n) is 7.06. The Morgan fingerprint density at radius 2 is 1.90 bits per heavy atom. The van der Waals surface area contributed by atoms with Gasteiger partial charge in [0.15, 0.2) is 11.5 Å². The summed E-state index contributed by atoms with van der Waals surface area (Å²) >= 11 is 0. The van der Waals surface area contributed by atoms with Gasteiger partial charge in [0, 0.05) is 11.6 Å². The van der Waals surface area contributed by atoms with E-state index in [0.717, 1.165) is 5.56 Å². The van der Waals surface area contributed by atoms with E-state index in [2.05, 4.69) is 5.32 Å². The molecule has 1 aromatic carbocycles. The lowest BCUT2D eigenvalue weighted by Crippen LogP contribution is -2.39. The molecule has 0 unspecified atom stereocenters. The van der Waals surface area contributed by atoms with Crippen LogP contribution in [0.3, 0.4) is 0 Å².